The summed E-state index contributed by atoms with van der Waals surface area (Å²) < 4.78 is 46.7. The molecule has 5 rings (SSSR count). The Hall–Kier alpha value is -3.94. The molecule has 1 aliphatic heterocycles. The van der Waals surface area contributed by atoms with Crippen LogP contribution in [0.25, 0.3) is 22.5 Å². The van der Waals surface area contributed by atoms with Gasteiger partial charge in [-0.1, -0.05) is 6.07 Å². The molecule has 206 valence electrons. The van der Waals surface area contributed by atoms with Gasteiger partial charge in [-0.05, 0) is 24.6 Å². The number of anilines is 3. The molecular formula is C25H26ClF3N8O2. The Bertz CT molecular complexity index is 1440. The van der Waals surface area contributed by atoms with E-state index in [0.717, 1.165) is 0 Å². The maximum atomic E-state index is 14.6. The number of piperidine rings is 1. The lowest BCUT2D eigenvalue weighted by Gasteiger charge is -2.36. The summed E-state index contributed by atoms with van der Waals surface area (Å²) in [7, 11) is 1.43. The number of nitrogens with two attached hydrogens (primary N) is 1. The van der Waals surface area contributed by atoms with Crippen LogP contribution < -0.4 is 20.7 Å². The molecule has 4 aromatic rings. The monoisotopic (exact) mass is 562 g/mol. The van der Waals surface area contributed by atoms with Crippen LogP contribution in [0.3, 0.4) is 0 Å². The van der Waals surface area contributed by atoms with E-state index in [9.17, 15) is 18.3 Å². The van der Waals surface area contributed by atoms with E-state index in [4.69, 9.17) is 10.5 Å². The van der Waals surface area contributed by atoms with Crippen molar-refractivity contribution in [3.8, 4) is 28.3 Å². The number of methoxy groups -OCH3 is 1. The highest BCUT2D eigenvalue weighted by molar-refractivity contribution is 5.85. The summed E-state index contributed by atoms with van der Waals surface area (Å²) in [5.74, 6) is 0.633. The van der Waals surface area contributed by atoms with Crippen molar-refractivity contribution in [2.45, 2.75) is 25.1 Å². The van der Waals surface area contributed by atoms with Crippen molar-refractivity contribution >= 4 is 29.7 Å². The van der Waals surface area contributed by atoms with Crippen LogP contribution in [0.1, 0.15) is 13.0 Å². The Morgan fingerprint density at radius 3 is 2.72 bits per heavy atom. The van der Waals surface area contributed by atoms with Gasteiger partial charge in [0.2, 0.25) is 0 Å². The topological polar surface area (TPSA) is 127 Å². The van der Waals surface area contributed by atoms with Crippen molar-refractivity contribution in [3.63, 3.8) is 0 Å². The van der Waals surface area contributed by atoms with Crippen LogP contribution in [0.15, 0.2) is 55.1 Å². The van der Waals surface area contributed by atoms with Crippen molar-refractivity contribution in [3.05, 3.63) is 60.9 Å². The third-order valence-electron chi connectivity index (χ3n) is 6.29. The number of ether oxygens (including phenoxy) is 1. The summed E-state index contributed by atoms with van der Waals surface area (Å²) in [5, 5.41) is 16.9. The minimum atomic E-state index is -2.78. The number of halogens is 4. The molecule has 1 saturated heterocycles. The van der Waals surface area contributed by atoms with Gasteiger partial charge in [-0.3, -0.25) is 0 Å². The minimum Gasteiger partial charge on any atom is -0.496 e. The lowest BCUT2D eigenvalue weighted by molar-refractivity contribution is 0.0566. The molecule has 1 fully saturated rings. The molecule has 0 radical (unpaired) electrons. The molecule has 14 heteroatoms. The number of alkyl halides is 2. The molecule has 0 spiro atoms. The first kappa shape index (κ1) is 28.1. The largest absolute Gasteiger partial charge is 0.496 e. The quantitative estimate of drug-likeness (QED) is 0.306. The first-order chi connectivity index (χ1) is 18.3. The fraction of sp³-hybridized carbons (Fsp3) is 0.280. The van der Waals surface area contributed by atoms with Crippen LogP contribution in [0.2, 0.25) is 0 Å². The lowest BCUT2D eigenvalue weighted by atomic mass is 10.0. The highest BCUT2D eigenvalue weighted by Gasteiger charge is 2.27. The summed E-state index contributed by atoms with van der Waals surface area (Å²) in [6.45, 7) is -1.93. The Labute approximate surface area is 228 Å². The fourth-order valence-corrected chi connectivity index (χ4v) is 4.34. The third-order valence-corrected chi connectivity index (χ3v) is 6.29. The van der Waals surface area contributed by atoms with Crippen LogP contribution in [0.5, 0.6) is 5.75 Å². The van der Waals surface area contributed by atoms with Crippen molar-refractivity contribution < 1.29 is 23.0 Å². The molecule has 0 amide bonds. The standard InChI is InChI=1S/C25H25F3N8O2.ClH/c1-38-20-4-2-3-16(26)23(20)24-30-7-5-21(34-24)33-22-9-18(35-8-6-19(37)17(29)13-35)15(11-31-22)14-10-32-36(12-14)25(27)28;/h2-5,7,9-12,17,19,25,37H,6,8,13,29H2,1H3,(H,30,31,33,34);1H/t17-,19-;/m1./s1. The summed E-state index contributed by atoms with van der Waals surface area (Å²) in [5.41, 5.74) is 7.93. The second-order valence-corrected chi connectivity index (χ2v) is 8.75. The Morgan fingerprint density at radius 2 is 2.00 bits per heavy atom. The average molecular weight is 563 g/mol. The number of benzene rings is 1. The first-order valence-corrected chi connectivity index (χ1v) is 11.8. The van der Waals surface area contributed by atoms with Gasteiger partial charge in [-0.25, -0.2) is 24.0 Å². The minimum absolute atomic E-state index is 0. The number of aliphatic hydroxyl groups is 1. The number of aliphatic hydroxyl groups excluding tert-OH is 1. The van der Waals surface area contributed by atoms with Gasteiger partial charge < -0.3 is 25.8 Å². The Balaban J connectivity index is 0.00000353. The molecule has 1 aliphatic rings. The smallest absolute Gasteiger partial charge is 0.333 e. The lowest BCUT2D eigenvalue weighted by Crippen LogP contribution is -2.51. The highest BCUT2D eigenvalue weighted by atomic mass is 35.5. The number of nitrogens with one attached hydrogen (secondary N) is 1. The molecule has 3 aromatic heterocycles. The molecule has 0 bridgehead atoms. The molecule has 2 atom stereocenters. The van der Waals surface area contributed by atoms with Crippen molar-refractivity contribution in [1.82, 2.24) is 24.7 Å². The van der Waals surface area contributed by atoms with Crippen molar-refractivity contribution in [2.24, 2.45) is 5.73 Å². The van der Waals surface area contributed by atoms with Gasteiger partial charge in [-0.2, -0.15) is 13.9 Å². The van der Waals surface area contributed by atoms with E-state index in [1.54, 1.807) is 24.4 Å². The van der Waals surface area contributed by atoms with Gasteiger partial charge in [0.1, 0.15) is 23.2 Å². The number of hydrogen-bond donors (Lipinski definition) is 3. The van der Waals surface area contributed by atoms with Gasteiger partial charge >= 0.3 is 6.55 Å². The molecule has 10 nitrogen and oxygen atoms in total. The van der Waals surface area contributed by atoms with Crippen LogP contribution in [-0.2, 0) is 0 Å². The van der Waals surface area contributed by atoms with Gasteiger partial charge in [0.05, 0.1) is 25.0 Å². The van der Waals surface area contributed by atoms with Crippen LogP contribution in [-0.4, -0.2) is 62.2 Å². The van der Waals surface area contributed by atoms with E-state index in [1.165, 1.54) is 37.8 Å². The van der Waals surface area contributed by atoms with Crippen LogP contribution >= 0.6 is 12.4 Å². The average Bonchev–Trinajstić information content (AvgIpc) is 3.41. The third kappa shape index (κ3) is 5.90. The van der Waals surface area contributed by atoms with Crippen LogP contribution in [0, 0.1) is 5.82 Å². The predicted octanol–water partition coefficient (Wildman–Crippen LogP) is 4.01. The molecule has 0 saturated carbocycles. The maximum absolute atomic E-state index is 14.6. The van der Waals surface area contributed by atoms with E-state index in [1.807, 2.05) is 4.90 Å². The maximum Gasteiger partial charge on any atom is 0.333 e. The van der Waals surface area contributed by atoms with E-state index < -0.39 is 24.5 Å². The molecular weight excluding hydrogens is 537 g/mol. The molecule has 4 heterocycles. The number of hydrogen-bond acceptors (Lipinski definition) is 9. The molecule has 0 aliphatic carbocycles. The fourth-order valence-electron chi connectivity index (χ4n) is 4.34. The normalized spacial score (nSPS) is 17.2. The van der Waals surface area contributed by atoms with Crippen molar-refractivity contribution in [2.75, 3.05) is 30.4 Å². The highest BCUT2D eigenvalue weighted by Crippen LogP contribution is 2.35. The van der Waals surface area contributed by atoms with Crippen molar-refractivity contribution in [1.29, 1.82) is 0 Å². The Kier molecular flexibility index (Phi) is 8.53. The number of rotatable bonds is 7. The van der Waals surface area contributed by atoms with E-state index >= 15 is 0 Å². The van der Waals surface area contributed by atoms with E-state index in [0.29, 0.717) is 58.4 Å². The second-order valence-electron chi connectivity index (χ2n) is 8.75. The first-order valence-electron chi connectivity index (χ1n) is 11.8. The zero-order valence-corrected chi connectivity index (χ0v) is 21.5. The van der Waals surface area contributed by atoms with Gasteiger partial charge in [0.25, 0.3) is 0 Å². The van der Waals surface area contributed by atoms with Gasteiger partial charge in [-0.15, -0.1) is 12.4 Å². The van der Waals surface area contributed by atoms with E-state index in [2.05, 4.69) is 25.4 Å². The zero-order chi connectivity index (χ0) is 26.8. The zero-order valence-electron chi connectivity index (χ0n) is 20.7. The molecule has 39 heavy (non-hydrogen) atoms. The second kappa shape index (κ2) is 11.8. The predicted molar refractivity (Wildman–Crippen MR) is 142 cm³/mol. The Morgan fingerprint density at radius 1 is 1.18 bits per heavy atom. The van der Waals surface area contributed by atoms with Gasteiger partial charge in [0, 0.05) is 60.6 Å². The molecule has 4 N–H and O–H groups in total. The number of nitrogens with zero attached hydrogens (tertiary/aromatic N) is 6. The van der Waals surface area contributed by atoms with Crippen LogP contribution in [0.4, 0.5) is 30.5 Å². The summed E-state index contributed by atoms with van der Waals surface area (Å²) in [4.78, 5) is 15.0. The summed E-state index contributed by atoms with van der Waals surface area (Å²) in [6.07, 6.45) is 5.43. The number of pyridine rings is 1. The summed E-state index contributed by atoms with van der Waals surface area (Å²) >= 11 is 0. The van der Waals surface area contributed by atoms with Gasteiger partial charge in [0.15, 0.2) is 5.82 Å². The van der Waals surface area contributed by atoms with E-state index in [-0.39, 0.29) is 23.8 Å². The summed E-state index contributed by atoms with van der Waals surface area (Å²) in [6, 6.07) is 7.31. The number of aromatic nitrogens is 5. The molecule has 0 unspecified atom stereocenters. The SMILES string of the molecule is COc1cccc(F)c1-c1nccc(Nc2cc(N3CC[C@@H](O)[C@H](N)C3)c(-c3cnn(C(F)F)c3)cn2)n1.Cl. The molecule has 1 aromatic carbocycles.